The minimum absolute atomic E-state index is 0.0145. The molecular weight excluding hydrogens is 429 g/mol. The Hall–Kier alpha value is -4.53. The van der Waals surface area contributed by atoms with Crippen molar-refractivity contribution in [2.24, 2.45) is 0 Å². The zero-order chi connectivity index (χ0) is 23.4. The number of ether oxygens (including phenoxy) is 1. The van der Waals surface area contributed by atoms with Crippen molar-refractivity contribution in [2.45, 2.75) is 13.2 Å². The van der Waals surface area contributed by atoms with Gasteiger partial charge in [0.1, 0.15) is 23.9 Å². The number of para-hydroxylation sites is 1. The molecule has 0 radical (unpaired) electrons. The number of amides is 3. The minimum Gasteiger partial charge on any atom is -0.488 e. The predicted octanol–water partition coefficient (Wildman–Crippen LogP) is 4.41. The number of benzene rings is 3. The van der Waals surface area contributed by atoms with Gasteiger partial charge < -0.3 is 10.1 Å². The van der Waals surface area contributed by atoms with Gasteiger partial charge in [0.2, 0.25) is 0 Å². The zero-order valence-electron chi connectivity index (χ0n) is 17.2. The number of urea groups is 1. The van der Waals surface area contributed by atoms with Crippen LogP contribution in [0.4, 0.5) is 14.9 Å². The first-order valence-corrected chi connectivity index (χ1v) is 9.95. The van der Waals surface area contributed by atoms with Crippen LogP contribution in [0.15, 0.2) is 78.5 Å². The molecule has 8 nitrogen and oxygen atoms in total. The molecule has 166 valence electrons. The van der Waals surface area contributed by atoms with Crippen molar-refractivity contribution in [2.75, 3.05) is 0 Å². The summed E-state index contributed by atoms with van der Waals surface area (Å²) >= 11 is 0. The summed E-state index contributed by atoms with van der Waals surface area (Å²) in [5.41, 5.74) is 1.54. The normalized spacial score (nSPS) is 14.5. The van der Waals surface area contributed by atoms with Gasteiger partial charge in [-0.05, 0) is 35.9 Å². The summed E-state index contributed by atoms with van der Waals surface area (Å²) < 4.78 is 19.8. The van der Waals surface area contributed by atoms with E-state index in [2.05, 4.69) is 5.32 Å². The van der Waals surface area contributed by atoms with E-state index in [-0.39, 0.29) is 30.1 Å². The SMILES string of the molecule is O=C1N/C(=C/c2ccccc2OCc2ccc([N+](=O)[O-])cc2)C(=O)N1Cc1ccccc1F. The number of halogens is 1. The lowest BCUT2D eigenvalue weighted by atomic mass is 10.1. The Bertz CT molecular complexity index is 1260. The van der Waals surface area contributed by atoms with E-state index in [9.17, 15) is 24.1 Å². The molecule has 33 heavy (non-hydrogen) atoms. The monoisotopic (exact) mass is 447 g/mol. The first-order chi connectivity index (χ1) is 15.9. The van der Waals surface area contributed by atoms with Gasteiger partial charge >= 0.3 is 6.03 Å². The lowest BCUT2D eigenvalue weighted by molar-refractivity contribution is -0.384. The smallest absolute Gasteiger partial charge is 0.329 e. The lowest BCUT2D eigenvalue weighted by Gasteiger charge is -2.12. The fraction of sp³-hybridized carbons (Fsp3) is 0.0833. The number of carbonyl (C=O) groups excluding carboxylic acids is 2. The van der Waals surface area contributed by atoms with Crippen LogP contribution in [0.3, 0.4) is 0 Å². The molecule has 0 aliphatic carbocycles. The molecule has 3 aromatic carbocycles. The van der Waals surface area contributed by atoms with Gasteiger partial charge in [0, 0.05) is 23.3 Å². The Morgan fingerprint density at radius 3 is 2.42 bits per heavy atom. The summed E-state index contributed by atoms with van der Waals surface area (Å²) in [6.07, 6.45) is 1.49. The topological polar surface area (TPSA) is 102 Å². The van der Waals surface area contributed by atoms with Crippen molar-refractivity contribution in [3.63, 3.8) is 0 Å². The quantitative estimate of drug-likeness (QED) is 0.250. The predicted molar refractivity (Wildman–Crippen MR) is 117 cm³/mol. The summed E-state index contributed by atoms with van der Waals surface area (Å²) in [5.74, 6) is -0.619. The zero-order valence-corrected chi connectivity index (χ0v) is 17.2. The number of rotatable bonds is 7. The van der Waals surface area contributed by atoms with Crippen LogP contribution in [0, 0.1) is 15.9 Å². The Labute approximate surface area is 188 Å². The largest absolute Gasteiger partial charge is 0.488 e. The van der Waals surface area contributed by atoms with Crippen LogP contribution in [0.2, 0.25) is 0 Å². The number of nitro groups is 1. The van der Waals surface area contributed by atoms with Crippen molar-refractivity contribution >= 4 is 23.7 Å². The standard InChI is InChI=1S/C24H18FN3O5/c25-20-7-3-1-6-18(20)14-27-23(29)21(26-24(27)30)13-17-5-2-4-8-22(17)33-15-16-9-11-19(12-10-16)28(31)32/h1-13H,14-15H2,(H,26,30)/b21-13+. The average Bonchev–Trinajstić information content (AvgIpc) is 3.07. The van der Waals surface area contributed by atoms with Crippen molar-refractivity contribution in [1.82, 2.24) is 10.2 Å². The molecule has 1 aliphatic heterocycles. The molecule has 1 aliphatic rings. The van der Waals surface area contributed by atoms with Crippen molar-refractivity contribution in [3.05, 3.63) is 111 Å². The van der Waals surface area contributed by atoms with Gasteiger partial charge in [0.15, 0.2) is 0 Å². The van der Waals surface area contributed by atoms with Gasteiger partial charge in [-0.1, -0.05) is 36.4 Å². The van der Waals surface area contributed by atoms with E-state index in [4.69, 9.17) is 4.74 Å². The van der Waals surface area contributed by atoms with Gasteiger partial charge in [-0.25, -0.2) is 9.18 Å². The third-order valence-corrected chi connectivity index (χ3v) is 5.01. The van der Waals surface area contributed by atoms with Crippen LogP contribution in [0.25, 0.3) is 6.08 Å². The molecule has 0 unspecified atom stereocenters. The number of carbonyl (C=O) groups is 2. The van der Waals surface area contributed by atoms with E-state index in [0.29, 0.717) is 11.3 Å². The highest BCUT2D eigenvalue weighted by molar-refractivity contribution is 6.14. The first kappa shape index (κ1) is 21.7. The average molecular weight is 447 g/mol. The Morgan fingerprint density at radius 2 is 1.70 bits per heavy atom. The second-order valence-corrected chi connectivity index (χ2v) is 7.22. The molecule has 1 N–H and O–H groups in total. The highest BCUT2D eigenvalue weighted by Gasteiger charge is 2.34. The van der Waals surface area contributed by atoms with Gasteiger partial charge in [0.05, 0.1) is 11.5 Å². The second-order valence-electron chi connectivity index (χ2n) is 7.22. The molecule has 0 saturated carbocycles. The first-order valence-electron chi connectivity index (χ1n) is 9.95. The summed E-state index contributed by atoms with van der Waals surface area (Å²) in [5, 5.41) is 13.3. The fourth-order valence-electron chi connectivity index (χ4n) is 3.27. The lowest BCUT2D eigenvalue weighted by Crippen LogP contribution is -2.30. The van der Waals surface area contributed by atoms with E-state index in [1.807, 2.05) is 0 Å². The van der Waals surface area contributed by atoms with Gasteiger partial charge in [-0.3, -0.25) is 19.8 Å². The fourth-order valence-corrected chi connectivity index (χ4v) is 3.27. The van der Waals surface area contributed by atoms with Crippen LogP contribution in [-0.2, 0) is 17.9 Å². The molecule has 1 saturated heterocycles. The molecule has 3 aromatic rings. The third-order valence-electron chi connectivity index (χ3n) is 5.01. The van der Waals surface area contributed by atoms with Crippen LogP contribution in [0.1, 0.15) is 16.7 Å². The highest BCUT2D eigenvalue weighted by Crippen LogP contribution is 2.25. The number of non-ortho nitro benzene ring substituents is 1. The van der Waals surface area contributed by atoms with E-state index >= 15 is 0 Å². The molecular formula is C24H18FN3O5. The molecule has 1 fully saturated rings. The molecule has 0 aromatic heterocycles. The van der Waals surface area contributed by atoms with Crippen molar-refractivity contribution < 1.29 is 23.6 Å². The highest BCUT2D eigenvalue weighted by atomic mass is 19.1. The Kier molecular flexibility index (Phi) is 6.12. The number of hydrogen-bond acceptors (Lipinski definition) is 5. The van der Waals surface area contributed by atoms with Crippen molar-refractivity contribution in [3.8, 4) is 5.75 Å². The maximum atomic E-state index is 13.9. The van der Waals surface area contributed by atoms with Crippen LogP contribution in [0.5, 0.6) is 5.75 Å². The van der Waals surface area contributed by atoms with Crippen LogP contribution < -0.4 is 10.1 Å². The molecule has 4 rings (SSSR count). The Balaban J connectivity index is 1.50. The third kappa shape index (κ3) is 4.87. The van der Waals surface area contributed by atoms with Crippen LogP contribution >= 0.6 is 0 Å². The maximum absolute atomic E-state index is 13.9. The van der Waals surface area contributed by atoms with E-state index < -0.39 is 22.7 Å². The van der Waals surface area contributed by atoms with Gasteiger partial charge in [0.25, 0.3) is 11.6 Å². The van der Waals surface area contributed by atoms with Gasteiger partial charge in [-0.2, -0.15) is 0 Å². The summed E-state index contributed by atoms with van der Waals surface area (Å²) in [7, 11) is 0. The number of nitrogens with zero attached hydrogens (tertiary/aromatic N) is 2. The summed E-state index contributed by atoms with van der Waals surface area (Å²) in [6.45, 7) is -0.0368. The number of nitro benzene ring substituents is 1. The minimum atomic E-state index is -0.640. The molecule has 0 spiro atoms. The number of imide groups is 1. The summed E-state index contributed by atoms with van der Waals surface area (Å²) in [4.78, 5) is 36.3. The summed E-state index contributed by atoms with van der Waals surface area (Å²) in [6, 6.07) is 18.2. The van der Waals surface area contributed by atoms with Crippen molar-refractivity contribution in [1.29, 1.82) is 0 Å². The van der Waals surface area contributed by atoms with E-state index in [1.165, 1.54) is 36.4 Å². The molecule has 9 heteroatoms. The second kappa shape index (κ2) is 9.31. The maximum Gasteiger partial charge on any atom is 0.329 e. The van der Waals surface area contributed by atoms with E-state index in [1.54, 1.807) is 42.5 Å². The molecule has 0 bridgehead atoms. The van der Waals surface area contributed by atoms with E-state index in [0.717, 1.165) is 10.5 Å². The van der Waals surface area contributed by atoms with Gasteiger partial charge in [-0.15, -0.1) is 0 Å². The molecule has 1 heterocycles. The molecule has 0 atom stereocenters. The molecule has 3 amide bonds. The number of hydrogen-bond donors (Lipinski definition) is 1. The number of nitrogens with one attached hydrogen (secondary N) is 1. The van der Waals surface area contributed by atoms with Crippen LogP contribution in [-0.4, -0.2) is 21.8 Å². The Morgan fingerprint density at radius 1 is 1.00 bits per heavy atom.